The Morgan fingerprint density at radius 3 is 2.65 bits per heavy atom. The molecule has 140 valence electrons. The molecule has 6 nitrogen and oxygen atoms in total. The van der Waals surface area contributed by atoms with E-state index in [0.29, 0.717) is 6.54 Å². The molecule has 0 spiro atoms. The Hall–Kier alpha value is -2.63. The van der Waals surface area contributed by atoms with Crippen molar-refractivity contribution in [2.45, 2.75) is 26.3 Å². The zero-order valence-electron chi connectivity index (χ0n) is 15.7. The van der Waals surface area contributed by atoms with Crippen molar-refractivity contribution in [3.05, 3.63) is 47.4 Å². The number of hydrogen-bond acceptors (Lipinski definition) is 4. The highest BCUT2D eigenvalue weighted by Crippen LogP contribution is 2.33. The molecule has 1 aliphatic rings. The second-order valence-corrected chi connectivity index (χ2v) is 6.21. The van der Waals surface area contributed by atoms with Crippen LogP contribution < -0.4 is 14.8 Å². The number of nitrogens with zero attached hydrogens (tertiary/aromatic N) is 2. The van der Waals surface area contributed by atoms with Crippen LogP contribution >= 0.6 is 0 Å². The van der Waals surface area contributed by atoms with Crippen LogP contribution in [0.5, 0.6) is 11.5 Å². The normalized spacial score (nSPS) is 14.1. The van der Waals surface area contributed by atoms with Gasteiger partial charge in [-0.2, -0.15) is 0 Å². The molecule has 1 aromatic carbocycles. The van der Waals surface area contributed by atoms with Crippen molar-refractivity contribution >= 4 is 5.96 Å². The van der Waals surface area contributed by atoms with Gasteiger partial charge < -0.3 is 24.1 Å². The number of rotatable bonds is 6. The van der Waals surface area contributed by atoms with E-state index in [1.165, 1.54) is 11.1 Å². The number of nitrogens with one attached hydrogen (secondary N) is 1. The van der Waals surface area contributed by atoms with Gasteiger partial charge in [-0.15, -0.1) is 0 Å². The summed E-state index contributed by atoms with van der Waals surface area (Å²) in [5.41, 5.74) is 2.57. The number of aliphatic imine (C=N–C) groups is 1. The molecule has 2 aromatic rings. The summed E-state index contributed by atoms with van der Waals surface area (Å²) in [6, 6.07) is 8.06. The highest BCUT2D eigenvalue weighted by molar-refractivity contribution is 5.80. The minimum absolute atomic E-state index is 0.700. The predicted octanol–water partition coefficient (Wildman–Crippen LogP) is 2.86. The number of furan rings is 1. The summed E-state index contributed by atoms with van der Waals surface area (Å²) in [5.74, 6) is 3.47. The molecule has 2 heterocycles. The largest absolute Gasteiger partial charge is 0.493 e. The van der Waals surface area contributed by atoms with Gasteiger partial charge in [-0.25, -0.2) is 0 Å². The molecule has 1 N–H and O–H groups in total. The topological polar surface area (TPSA) is 59.2 Å². The molecule has 0 atom stereocenters. The second-order valence-electron chi connectivity index (χ2n) is 6.21. The molecule has 0 bridgehead atoms. The van der Waals surface area contributed by atoms with E-state index in [4.69, 9.17) is 18.9 Å². The molecule has 0 unspecified atom stereocenters. The number of methoxy groups -OCH3 is 2. The summed E-state index contributed by atoms with van der Waals surface area (Å²) >= 11 is 0. The minimum Gasteiger partial charge on any atom is -0.493 e. The average molecular weight is 357 g/mol. The highest BCUT2D eigenvalue weighted by atomic mass is 16.5. The van der Waals surface area contributed by atoms with Gasteiger partial charge in [0.1, 0.15) is 5.76 Å². The van der Waals surface area contributed by atoms with E-state index in [2.05, 4.69) is 29.3 Å². The first-order valence-electron chi connectivity index (χ1n) is 9.04. The SMILES string of the molecule is CCNC(=NCCc1ccco1)N1CCc2cc(OC)c(OC)cc2C1. The minimum atomic E-state index is 0.700. The lowest BCUT2D eigenvalue weighted by Crippen LogP contribution is -2.44. The smallest absolute Gasteiger partial charge is 0.194 e. The molecule has 0 fully saturated rings. The molecule has 26 heavy (non-hydrogen) atoms. The average Bonchev–Trinajstić information content (AvgIpc) is 3.19. The number of ether oxygens (including phenoxy) is 2. The number of guanidine groups is 1. The van der Waals surface area contributed by atoms with Crippen LogP contribution in [0, 0.1) is 0 Å². The molecule has 0 aliphatic carbocycles. The van der Waals surface area contributed by atoms with E-state index in [0.717, 1.165) is 55.7 Å². The Bertz CT molecular complexity index is 741. The summed E-state index contributed by atoms with van der Waals surface area (Å²) in [4.78, 5) is 7.07. The first kappa shape index (κ1) is 18.2. The second kappa shape index (κ2) is 8.65. The summed E-state index contributed by atoms with van der Waals surface area (Å²) in [5, 5.41) is 3.40. The highest BCUT2D eigenvalue weighted by Gasteiger charge is 2.21. The van der Waals surface area contributed by atoms with Crippen LogP contribution in [-0.4, -0.2) is 44.7 Å². The standard InChI is InChI=1S/C20H27N3O3/c1-4-21-20(22-9-7-17-6-5-11-26-17)23-10-8-15-12-18(24-2)19(25-3)13-16(15)14-23/h5-6,11-13H,4,7-10,14H2,1-3H3,(H,21,22). The zero-order valence-corrected chi connectivity index (χ0v) is 15.7. The lowest BCUT2D eigenvalue weighted by Gasteiger charge is -2.32. The van der Waals surface area contributed by atoms with E-state index in [1.54, 1.807) is 20.5 Å². The third-order valence-electron chi connectivity index (χ3n) is 4.55. The molecule has 0 saturated heterocycles. The fourth-order valence-corrected chi connectivity index (χ4v) is 3.22. The van der Waals surface area contributed by atoms with Crippen LogP contribution in [0.25, 0.3) is 0 Å². The van der Waals surface area contributed by atoms with Crippen molar-refractivity contribution in [1.29, 1.82) is 0 Å². The van der Waals surface area contributed by atoms with Crippen LogP contribution in [0.4, 0.5) is 0 Å². The molecule has 0 saturated carbocycles. The van der Waals surface area contributed by atoms with Crippen molar-refractivity contribution in [2.24, 2.45) is 4.99 Å². The number of hydrogen-bond donors (Lipinski definition) is 1. The van der Waals surface area contributed by atoms with E-state index in [9.17, 15) is 0 Å². The number of benzene rings is 1. The van der Waals surface area contributed by atoms with Crippen LogP contribution in [-0.2, 0) is 19.4 Å². The molecule has 3 rings (SSSR count). The quantitative estimate of drug-likeness (QED) is 0.636. The van der Waals surface area contributed by atoms with Gasteiger partial charge in [0.15, 0.2) is 17.5 Å². The van der Waals surface area contributed by atoms with E-state index in [1.807, 2.05) is 12.1 Å². The zero-order chi connectivity index (χ0) is 18.4. The van der Waals surface area contributed by atoms with E-state index < -0.39 is 0 Å². The van der Waals surface area contributed by atoms with Crippen molar-refractivity contribution in [3.63, 3.8) is 0 Å². The van der Waals surface area contributed by atoms with Gasteiger partial charge in [-0.05, 0) is 48.7 Å². The maximum absolute atomic E-state index is 5.45. The Morgan fingerprint density at radius 1 is 1.23 bits per heavy atom. The van der Waals surface area contributed by atoms with Crippen molar-refractivity contribution in [1.82, 2.24) is 10.2 Å². The molecule has 0 amide bonds. The maximum Gasteiger partial charge on any atom is 0.194 e. The molecule has 1 aromatic heterocycles. The molecule has 1 aliphatic heterocycles. The first-order valence-corrected chi connectivity index (χ1v) is 9.04. The molecule has 6 heteroatoms. The predicted molar refractivity (Wildman–Crippen MR) is 102 cm³/mol. The molecular weight excluding hydrogens is 330 g/mol. The van der Waals surface area contributed by atoms with Gasteiger partial charge in [-0.1, -0.05) is 0 Å². The Labute approximate surface area is 154 Å². The van der Waals surface area contributed by atoms with Gasteiger partial charge in [-0.3, -0.25) is 4.99 Å². The van der Waals surface area contributed by atoms with Crippen LogP contribution in [0.3, 0.4) is 0 Å². The monoisotopic (exact) mass is 357 g/mol. The fourth-order valence-electron chi connectivity index (χ4n) is 3.22. The van der Waals surface area contributed by atoms with Crippen molar-refractivity contribution < 1.29 is 13.9 Å². The Kier molecular flexibility index (Phi) is 6.04. The van der Waals surface area contributed by atoms with Crippen LogP contribution in [0.2, 0.25) is 0 Å². The van der Waals surface area contributed by atoms with Gasteiger partial charge in [0.25, 0.3) is 0 Å². The summed E-state index contributed by atoms with van der Waals surface area (Å²) < 4.78 is 16.3. The van der Waals surface area contributed by atoms with Gasteiger partial charge >= 0.3 is 0 Å². The third-order valence-corrected chi connectivity index (χ3v) is 4.55. The summed E-state index contributed by atoms with van der Waals surface area (Å²) in [6.07, 6.45) is 3.46. The Morgan fingerprint density at radius 2 is 2.00 bits per heavy atom. The van der Waals surface area contributed by atoms with Gasteiger partial charge in [0.2, 0.25) is 0 Å². The van der Waals surface area contributed by atoms with Crippen LogP contribution in [0.1, 0.15) is 23.8 Å². The third kappa shape index (κ3) is 4.12. The van der Waals surface area contributed by atoms with Gasteiger partial charge in [0, 0.05) is 32.6 Å². The van der Waals surface area contributed by atoms with Crippen molar-refractivity contribution in [3.8, 4) is 11.5 Å². The van der Waals surface area contributed by atoms with Crippen LogP contribution in [0.15, 0.2) is 39.9 Å². The lowest BCUT2D eigenvalue weighted by atomic mass is 9.99. The molecule has 0 radical (unpaired) electrons. The van der Waals surface area contributed by atoms with E-state index >= 15 is 0 Å². The fraction of sp³-hybridized carbons (Fsp3) is 0.450. The summed E-state index contributed by atoms with van der Waals surface area (Å²) in [6.45, 7) is 5.37. The maximum atomic E-state index is 5.45. The molecular formula is C20H27N3O3. The Balaban J connectivity index is 1.73. The lowest BCUT2D eigenvalue weighted by molar-refractivity contribution is 0.346. The van der Waals surface area contributed by atoms with Crippen molar-refractivity contribution in [2.75, 3.05) is 33.9 Å². The van der Waals surface area contributed by atoms with E-state index in [-0.39, 0.29) is 0 Å². The summed E-state index contributed by atoms with van der Waals surface area (Å²) in [7, 11) is 3.35. The number of fused-ring (bicyclic) bond motifs is 1. The van der Waals surface area contributed by atoms with Gasteiger partial charge in [0.05, 0.1) is 20.5 Å². The first-order chi connectivity index (χ1) is 12.7.